The summed E-state index contributed by atoms with van der Waals surface area (Å²) in [6.45, 7) is 3.51. The van der Waals surface area contributed by atoms with Crippen LogP contribution < -0.4 is 5.56 Å². The molecule has 1 saturated carbocycles. The first kappa shape index (κ1) is 15.0. The van der Waals surface area contributed by atoms with Gasteiger partial charge in [-0.1, -0.05) is 11.6 Å². The smallest absolute Gasteiger partial charge is 0.345 e. The fourth-order valence-electron chi connectivity index (χ4n) is 2.77. The number of fused-ring (bicyclic) bond motifs is 1. The summed E-state index contributed by atoms with van der Waals surface area (Å²) in [4.78, 5) is 24.7. The van der Waals surface area contributed by atoms with Crippen LogP contribution in [0.3, 0.4) is 0 Å². The highest BCUT2D eigenvalue weighted by Gasteiger charge is 2.33. The minimum Gasteiger partial charge on any atom is -0.462 e. The molecule has 1 aliphatic rings. The number of nitrogens with zero attached hydrogens (tertiary/aromatic N) is 1. The van der Waals surface area contributed by atoms with Gasteiger partial charge in [-0.25, -0.2) is 9.18 Å². The number of hydrogen-bond acceptors (Lipinski definition) is 3. The molecule has 1 aliphatic carbocycles. The number of ether oxygens (including phenoxy) is 1. The van der Waals surface area contributed by atoms with Crippen LogP contribution in [0.4, 0.5) is 4.39 Å². The van der Waals surface area contributed by atoms with Crippen molar-refractivity contribution in [2.45, 2.75) is 32.6 Å². The maximum absolute atomic E-state index is 13.7. The molecule has 0 bridgehead atoms. The minimum atomic E-state index is -0.768. The van der Waals surface area contributed by atoms with Crippen molar-refractivity contribution in [3.05, 3.63) is 50.1 Å². The Morgan fingerprint density at radius 2 is 2.18 bits per heavy atom. The number of hydrogen-bond donors (Lipinski definition) is 0. The number of esters is 1. The van der Waals surface area contributed by atoms with Crippen LogP contribution in [0.15, 0.2) is 17.1 Å². The van der Waals surface area contributed by atoms with Gasteiger partial charge >= 0.3 is 5.97 Å². The lowest BCUT2D eigenvalue weighted by molar-refractivity contribution is 0.0524. The molecule has 0 atom stereocenters. The van der Waals surface area contributed by atoms with Gasteiger partial charge in [0.25, 0.3) is 5.56 Å². The van der Waals surface area contributed by atoms with E-state index in [1.165, 1.54) is 10.5 Å². The normalized spacial score (nSPS) is 14.4. The second-order valence-electron chi connectivity index (χ2n) is 5.46. The monoisotopic (exact) mass is 323 g/mol. The molecule has 0 aromatic carbocycles. The first-order valence-electron chi connectivity index (χ1n) is 7.16. The summed E-state index contributed by atoms with van der Waals surface area (Å²) in [6, 6.07) is 1.36. The predicted octanol–water partition coefficient (Wildman–Crippen LogP) is 3.45. The van der Waals surface area contributed by atoms with Gasteiger partial charge in [-0.15, -0.1) is 0 Å². The van der Waals surface area contributed by atoms with Gasteiger partial charge in [0.1, 0.15) is 11.4 Å². The number of halogens is 2. The molecule has 0 aliphatic heterocycles. The van der Waals surface area contributed by atoms with E-state index in [1.54, 1.807) is 13.8 Å². The number of carbonyl (C=O) groups is 1. The Labute approximate surface area is 131 Å². The molecular weight excluding hydrogens is 309 g/mol. The summed E-state index contributed by atoms with van der Waals surface area (Å²) in [5, 5.41) is 0.139. The summed E-state index contributed by atoms with van der Waals surface area (Å²) in [5.41, 5.74) is 1.09. The lowest BCUT2D eigenvalue weighted by Crippen LogP contribution is -2.26. The molecule has 0 radical (unpaired) electrons. The highest BCUT2D eigenvalue weighted by atomic mass is 35.5. The van der Waals surface area contributed by atoms with Gasteiger partial charge in [0.05, 0.1) is 17.1 Å². The van der Waals surface area contributed by atoms with E-state index in [0.717, 1.165) is 24.6 Å². The highest BCUT2D eigenvalue weighted by molar-refractivity contribution is 6.35. The van der Waals surface area contributed by atoms with E-state index < -0.39 is 17.3 Å². The summed E-state index contributed by atoms with van der Waals surface area (Å²) in [7, 11) is 0. The minimum absolute atomic E-state index is 0.137. The zero-order valence-electron chi connectivity index (χ0n) is 12.3. The van der Waals surface area contributed by atoms with Gasteiger partial charge in [0, 0.05) is 6.20 Å². The highest BCUT2D eigenvalue weighted by Crippen LogP contribution is 2.46. The van der Waals surface area contributed by atoms with Gasteiger partial charge in [0.2, 0.25) is 0 Å². The second kappa shape index (κ2) is 5.39. The Balaban J connectivity index is 2.43. The largest absolute Gasteiger partial charge is 0.462 e. The fraction of sp³-hybridized carbons (Fsp3) is 0.375. The molecule has 2 aromatic rings. The van der Waals surface area contributed by atoms with E-state index in [2.05, 4.69) is 0 Å². The van der Waals surface area contributed by atoms with Crippen molar-refractivity contribution in [1.82, 2.24) is 4.40 Å². The maximum Gasteiger partial charge on any atom is 0.345 e. The molecule has 116 valence electrons. The Bertz CT molecular complexity index is 840. The number of aryl methyl sites for hydroxylation is 1. The Hall–Kier alpha value is -1.88. The molecule has 22 heavy (non-hydrogen) atoms. The van der Waals surface area contributed by atoms with E-state index in [0.29, 0.717) is 11.1 Å². The number of aromatic nitrogens is 1. The summed E-state index contributed by atoms with van der Waals surface area (Å²) in [5.74, 6) is -1.11. The average Bonchev–Trinajstić information content (AvgIpc) is 3.25. The van der Waals surface area contributed by atoms with Gasteiger partial charge < -0.3 is 4.74 Å². The first-order valence-corrected chi connectivity index (χ1v) is 7.54. The molecular formula is C16H15ClFNO3. The summed E-state index contributed by atoms with van der Waals surface area (Å²) < 4.78 is 19.8. The van der Waals surface area contributed by atoms with Gasteiger partial charge in [-0.2, -0.15) is 0 Å². The average molecular weight is 324 g/mol. The molecule has 2 aromatic heterocycles. The second-order valence-corrected chi connectivity index (χ2v) is 5.84. The van der Waals surface area contributed by atoms with Crippen LogP contribution in [0.25, 0.3) is 5.52 Å². The maximum atomic E-state index is 13.7. The number of pyridine rings is 2. The molecule has 0 amide bonds. The van der Waals surface area contributed by atoms with Crippen LogP contribution in [0.1, 0.15) is 47.2 Å². The van der Waals surface area contributed by atoms with Crippen LogP contribution in [0, 0.1) is 12.7 Å². The Morgan fingerprint density at radius 3 is 2.77 bits per heavy atom. The molecule has 2 heterocycles. The Kier molecular flexibility index (Phi) is 3.68. The quantitative estimate of drug-likeness (QED) is 0.813. The van der Waals surface area contributed by atoms with E-state index in [4.69, 9.17) is 16.3 Å². The fourth-order valence-corrected chi connectivity index (χ4v) is 3.17. The van der Waals surface area contributed by atoms with E-state index in [-0.39, 0.29) is 23.1 Å². The lowest BCUT2D eigenvalue weighted by atomic mass is 10.0. The van der Waals surface area contributed by atoms with Crippen molar-refractivity contribution in [3.63, 3.8) is 0 Å². The topological polar surface area (TPSA) is 47.8 Å². The van der Waals surface area contributed by atoms with Crippen molar-refractivity contribution in [2.24, 2.45) is 0 Å². The zero-order valence-corrected chi connectivity index (χ0v) is 13.0. The summed E-state index contributed by atoms with van der Waals surface area (Å²) >= 11 is 6.36. The van der Waals surface area contributed by atoms with Gasteiger partial charge in [0.15, 0.2) is 0 Å². The Morgan fingerprint density at radius 1 is 1.50 bits per heavy atom. The van der Waals surface area contributed by atoms with Crippen LogP contribution in [-0.4, -0.2) is 17.0 Å². The standard InChI is InChI=1S/C16H15ClFNO3/c1-3-22-16(21)12-13(17)11(9-4-5-9)14-8(2)6-10(18)7-19(14)15(12)20/h6-7,9H,3-5H2,1-2H3. The molecule has 0 N–H and O–H groups in total. The van der Waals surface area contributed by atoms with Gasteiger partial charge in [-0.3, -0.25) is 9.20 Å². The summed E-state index contributed by atoms with van der Waals surface area (Å²) in [6.07, 6.45) is 2.97. The third-order valence-electron chi connectivity index (χ3n) is 3.83. The van der Waals surface area contributed by atoms with Crippen molar-refractivity contribution < 1.29 is 13.9 Å². The van der Waals surface area contributed by atoms with Crippen molar-refractivity contribution >= 4 is 23.1 Å². The lowest BCUT2D eigenvalue weighted by Gasteiger charge is -2.15. The van der Waals surface area contributed by atoms with Crippen molar-refractivity contribution in [2.75, 3.05) is 6.61 Å². The third-order valence-corrected chi connectivity index (χ3v) is 4.22. The number of carbonyl (C=O) groups excluding carboxylic acids is 1. The van der Waals surface area contributed by atoms with E-state index >= 15 is 0 Å². The third kappa shape index (κ3) is 2.29. The van der Waals surface area contributed by atoms with Crippen LogP contribution >= 0.6 is 11.6 Å². The van der Waals surface area contributed by atoms with E-state index in [9.17, 15) is 14.0 Å². The molecule has 0 saturated heterocycles. The SMILES string of the molecule is CCOC(=O)c1c(Cl)c(C2CC2)c2c(C)cc(F)cn2c1=O. The van der Waals surface area contributed by atoms with Gasteiger partial charge in [-0.05, 0) is 49.8 Å². The first-order chi connectivity index (χ1) is 10.5. The zero-order chi connectivity index (χ0) is 16.0. The molecule has 0 unspecified atom stereocenters. The van der Waals surface area contributed by atoms with Crippen molar-refractivity contribution in [3.8, 4) is 0 Å². The molecule has 6 heteroatoms. The van der Waals surface area contributed by atoms with Crippen LogP contribution in [0.2, 0.25) is 5.02 Å². The molecule has 4 nitrogen and oxygen atoms in total. The molecule has 1 fully saturated rings. The molecule has 0 spiro atoms. The van der Waals surface area contributed by atoms with Crippen LogP contribution in [0.5, 0.6) is 0 Å². The predicted molar refractivity (Wildman–Crippen MR) is 81.3 cm³/mol. The number of rotatable bonds is 3. The van der Waals surface area contributed by atoms with E-state index in [1.807, 2.05) is 0 Å². The molecule has 3 rings (SSSR count). The van der Waals surface area contributed by atoms with Crippen molar-refractivity contribution in [1.29, 1.82) is 0 Å². The van der Waals surface area contributed by atoms with Crippen LogP contribution in [-0.2, 0) is 4.74 Å².